The number of ketones is 1. The largest absolute Gasteiger partial charge is 0.452 e. The van der Waals surface area contributed by atoms with Crippen molar-refractivity contribution in [3.63, 3.8) is 0 Å². The van der Waals surface area contributed by atoms with Gasteiger partial charge in [-0.25, -0.2) is 9.69 Å². The summed E-state index contributed by atoms with van der Waals surface area (Å²) in [6, 6.07) is 28.0. The van der Waals surface area contributed by atoms with Gasteiger partial charge in [-0.2, -0.15) is 0 Å². The number of halogens is 2. The summed E-state index contributed by atoms with van der Waals surface area (Å²) in [5.41, 5.74) is 2.27. The molecule has 7 heteroatoms. The van der Waals surface area contributed by atoms with E-state index in [0.29, 0.717) is 38.3 Å². The average Bonchev–Trinajstić information content (AvgIpc) is 3.17. The third-order valence-electron chi connectivity index (χ3n) is 5.31. The molecule has 172 valence electrons. The van der Waals surface area contributed by atoms with Gasteiger partial charge in [0.05, 0.1) is 16.9 Å². The molecule has 4 aromatic carbocycles. The molecule has 0 atom stereocenters. The summed E-state index contributed by atoms with van der Waals surface area (Å²) in [5.74, 6) is 0.355. The maximum Gasteiger partial charge on any atom is 0.424 e. The molecule has 5 rings (SSSR count). The van der Waals surface area contributed by atoms with Crippen LogP contribution in [0.2, 0.25) is 10.0 Å². The zero-order chi connectivity index (χ0) is 24.4. The standard InChI is InChI=1S/C28H17Cl2NO4/c29-19-12-11-18(24(30)16-19)15-26-27(32)23-14-13-22(17-25(23)35-26)34-28(33)31(20-7-3-1-4-8-20)21-9-5-2-6-10-21/h1-17H/b26-15-. The molecule has 5 nitrogen and oxygen atoms in total. The number of fused-ring (bicyclic) bond motifs is 1. The third kappa shape index (κ3) is 4.78. The van der Waals surface area contributed by atoms with Crippen LogP contribution in [-0.4, -0.2) is 11.9 Å². The summed E-state index contributed by atoms with van der Waals surface area (Å²) in [7, 11) is 0. The van der Waals surface area contributed by atoms with Crippen LogP contribution in [0, 0.1) is 0 Å². The zero-order valence-electron chi connectivity index (χ0n) is 18.2. The minimum Gasteiger partial charge on any atom is -0.452 e. The lowest BCUT2D eigenvalue weighted by molar-refractivity contribution is 0.101. The van der Waals surface area contributed by atoms with Crippen molar-refractivity contribution in [3.05, 3.63) is 124 Å². The molecule has 0 saturated carbocycles. The molecule has 0 bridgehead atoms. The molecule has 0 fully saturated rings. The van der Waals surface area contributed by atoms with Crippen LogP contribution in [0.25, 0.3) is 6.08 Å². The Hall–Kier alpha value is -4.06. The topological polar surface area (TPSA) is 55.8 Å². The molecule has 1 amide bonds. The molecule has 0 saturated heterocycles. The van der Waals surface area contributed by atoms with Crippen LogP contribution in [0.5, 0.6) is 11.5 Å². The number of nitrogens with zero attached hydrogens (tertiary/aromatic N) is 1. The summed E-state index contributed by atoms with van der Waals surface area (Å²) in [4.78, 5) is 27.5. The zero-order valence-corrected chi connectivity index (χ0v) is 19.7. The maximum atomic E-state index is 13.2. The lowest BCUT2D eigenvalue weighted by Gasteiger charge is -2.22. The monoisotopic (exact) mass is 501 g/mol. The van der Waals surface area contributed by atoms with Crippen molar-refractivity contribution in [3.8, 4) is 11.5 Å². The summed E-state index contributed by atoms with van der Waals surface area (Å²) in [6.45, 7) is 0. The Labute approximate surface area is 211 Å². The van der Waals surface area contributed by atoms with E-state index in [1.165, 1.54) is 11.0 Å². The first kappa shape index (κ1) is 22.7. The van der Waals surface area contributed by atoms with Crippen molar-refractivity contribution in [1.82, 2.24) is 0 Å². The van der Waals surface area contributed by atoms with Gasteiger partial charge in [0.1, 0.15) is 11.5 Å². The summed E-state index contributed by atoms with van der Waals surface area (Å²) >= 11 is 12.2. The van der Waals surface area contributed by atoms with Crippen molar-refractivity contribution >= 4 is 52.5 Å². The molecule has 35 heavy (non-hydrogen) atoms. The quantitative estimate of drug-likeness (QED) is 0.266. The highest BCUT2D eigenvalue weighted by Gasteiger charge is 2.29. The highest BCUT2D eigenvalue weighted by Crippen LogP contribution is 2.36. The molecule has 1 heterocycles. The van der Waals surface area contributed by atoms with Gasteiger partial charge in [-0.3, -0.25) is 4.79 Å². The van der Waals surface area contributed by atoms with Crippen molar-refractivity contribution in [2.75, 3.05) is 4.90 Å². The second kappa shape index (κ2) is 9.66. The summed E-state index contributed by atoms with van der Waals surface area (Å²) in [6.07, 6.45) is 0.953. The first-order valence-electron chi connectivity index (χ1n) is 10.6. The van der Waals surface area contributed by atoms with Crippen molar-refractivity contribution in [2.45, 2.75) is 0 Å². The Morgan fingerprint density at radius 1 is 0.829 bits per heavy atom. The van der Waals surface area contributed by atoms with E-state index in [1.807, 2.05) is 60.7 Å². The highest BCUT2D eigenvalue weighted by molar-refractivity contribution is 6.35. The fraction of sp³-hybridized carbons (Fsp3) is 0. The van der Waals surface area contributed by atoms with Gasteiger partial charge in [-0.05, 0) is 60.2 Å². The van der Waals surface area contributed by atoms with Gasteiger partial charge < -0.3 is 9.47 Å². The second-order valence-electron chi connectivity index (χ2n) is 7.64. The molecular formula is C28H17Cl2NO4. The number of rotatable bonds is 4. The predicted molar refractivity (Wildman–Crippen MR) is 137 cm³/mol. The fourth-order valence-electron chi connectivity index (χ4n) is 3.65. The van der Waals surface area contributed by atoms with E-state index < -0.39 is 6.09 Å². The van der Waals surface area contributed by atoms with Gasteiger partial charge in [0, 0.05) is 16.1 Å². The highest BCUT2D eigenvalue weighted by atomic mass is 35.5. The SMILES string of the molecule is O=C1/C(=C/c2ccc(Cl)cc2Cl)Oc2cc(OC(=O)N(c3ccccc3)c3ccccc3)ccc21. The number of anilines is 2. The summed E-state index contributed by atoms with van der Waals surface area (Å²) in [5, 5.41) is 0.888. The van der Waals surface area contributed by atoms with E-state index in [1.54, 1.807) is 36.4 Å². The number of amides is 1. The molecule has 0 unspecified atom stereocenters. The van der Waals surface area contributed by atoms with Crippen LogP contribution >= 0.6 is 23.2 Å². The van der Waals surface area contributed by atoms with Crippen LogP contribution in [0.15, 0.2) is 103 Å². The van der Waals surface area contributed by atoms with Crippen LogP contribution in [0.3, 0.4) is 0 Å². The Morgan fingerprint density at radius 3 is 2.11 bits per heavy atom. The van der Waals surface area contributed by atoms with Crippen LogP contribution in [-0.2, 0) is 0 Å². The predicted octanol–water partition coefficient (Wildman–Crippen LogP) is 7.95. The van der Waals surface area contributed by atoms with Gasteiger partial charge in [-0.1, -0.05) is 65.7 Å². The molecule has 1 aliphatic heterocycles. The second-order valence-corrected chi connectivity index (χ2v) is 8.48. The fourth-order valence-corrected chi connectivity index (χ4v) is 4.11. The molecule has 0 spiro atoms. The van der Waals surface area contributed by atoms with E-state index in [-0.39, 0.29) is 17.3 Å². The van der Waals surface area contributed by atoms with Gasteiger partial charge in [-0.15, -0.1) is 0 Å². The number of Topliss-reactive ketones (excluding diaryl/α,β-unsaturated/α-hetero) is 1. The van der Waals surface area contributed by atoms with Crippen molar-refractivity contribution in [1.29, 1.82) is 0 Å². The molecule has 0 radical (unpaired) electrons. The molecular weight excluding hydrogens is 485 g/mol. The lowest BCUT2D eigenvalue weighted by atomic mass is 10.1. The normalized spacial score (nSPS) is 13.3. The molecule has 4 aromatic rings. The van der Waals surface area contributed by atoms with E-state index in [4.69, 9.17) is 32.7 Å². The molecule has 0 aliphatic carbocycles. The summed E-state index contributed by atoms with van der Waals surface area (Å²) < 4.78 is 11.4. The number of para-hydroxylation sites is 2. The van der Waals surface area contributed by atoms with E-state index >= 15 is 0 Å². The number of hydrogen-bond donors (Lipinski definition) is 0. The van der Waals surface area contributed by atoms with Crippen LogP contribution in [0.4, 0.5) is 16.2 Å². The van der Waals surface area contributed by atoms with Gasteiger partial charge in [0.25, 0.3) is 0 Å². The Kier molecular flexibility index (Phi) is 6.27. The minimum atomic E-state index is -0.601. The van der Waals surface area contributed by atoms with E-state index in [9.17, 15) is 9.59 Å². The molecule has 1 aliphatic rings. The van der Waals surface area contributed by atoms with Crippen LogP contribution in [0.1, 0.15) is 15.9 Å². The van der Waals surface area contributed by atoms with Crippen molar-refractivity contribution < 1.29 is 19.1 Å². The Bertz CT molecular complexity index is 1410. The number of allylic oxidation sites excluding steroid dienone is 1. The Balaban J connectivity index is 1.40. The van der Waals surface area contributed by atoms with Gasteiger partial charge >= 0.3 is 6.09 Å². The number of ether oxygens (including phenoxy) is 2. The van der Waals surface area contributed by atoms with Crippen molar-refractivity contribution in [2.24, 2.45) is 0 Å². The van der Waals surface area contributed by atoms with Crippen LogP contribution < -0.4 is 14.4 Å². The number of benzene rings is 4. The van der Waals surface area contributed by atoms with Gasteiger partial charge in [0.15, 0.2) is 5.76 Å². The number of carbonyl (C=O) groups excluding carboxylic acids is 2. The average molecular weight is 502 g/mol. The molecule has 0 aromatic heterocycles. The number of hydrogen-bond acceptors (Lipinski definition) is 4. The third-order valence-corrected chi connectivity index (χ3v) is 5.87. The van der Waals surface area contributed by atoms with E-state index in [0.717, 1.165) is 0 Å². The molecule has 0 N–H and O–H groups in total. The van der Waals surface area contributed by atoms with E-state index in [2.05, 4.69) is 0 Å². The maximum absolute atomic E-state index is 13.2. The number of carbonyl (C=O) groups is 2. The first-order valence-corrected chi connectivity index (χ1v) is 11.4. The lowest BCUT2D eigenvalue weighted by Crippen LogP contribution is -2.29. The first-order chi connectivity index (χ1) is 17.0. The Morgan fingerprint density at radius 2 is 1.49 bits per heavy atom. The van der Waals surface area contributed by atoms with Gasteiger partial charge in [0.2, 0.25) is 5.78 Å². The smallest absolute Gasteiger partial charge is 0.424 e. The minimum absolute atomic E-state index is 0.114.